The zero-order valence-electron chi connectivity index (χ0n) is 10.5. The fourth-order valence-corrected chi connectivity index (χ4v) is 2.16. The van der Waals surface area contributed by atoms with Crippen molar-refractivity contribution in [1.29, 1.82) is 0 Å². The van der Waals surface area contributed by atoms with Gasteiger partial charge in [0.1, 0.15) is 5.67 Å². The Kier molecular flexibility index (Phi) is 4.48. The number of halogens is 1. The minimum atomic E-state index is -1.24. The third kappa shape index (κ3) is 3.05. The molecule has 0 aromatic heterocycles. The van der Waals surface area contributed by atoms with Crippen LogP contribution in [-0.2, 0) is 6.42 Å². The fourth-order valence-electron chi connectivity index (χ4n) is 2.16. The molecule has 0 radical (unpaired) electrons. The maximum atomic E-state index is 14.4. The first-order valence-corrected chi connectivity index (χ1v) is 5.96. The Hall–Kier alpha value is -0.890. The van der Waals surface area contributed by atoms with E-state index in [-0.39, 0.29) is 6.54 Å². The van der Waals surface area contributed by atoms with Gasteiger partial charge in [-0.3, -0.25) is 0 Å². The molecule has 90 valence electrons. The molecular weight excluding hydrogens is 201 g/mol. The first-order valence-electron chi connectivity index (χ1n) is 5.96. The average molecular weight is 223 g/mol. The van der Waals surface area contributed by atoms with E-state index in [4.69, 9.17) is 5.73 Å². The molecule has 16 heavy (non-hydrogen) atoms. The van der Waals surface area contributed by atoms with E-state index in [1.807, 2.05) is 39.0 Å². The molecule has 0 spiro atoms. The molecule has 0 aliphatic heterocycles. The van der Waals surface area contributed by atoms with Gasteiger partial charge in [0.15, 0.2) is 0 Å². The Labute approximate surface area is 97.9 Å². The van der Waals surface area contributed by atoms with Crippen molar-refractivity contribution in [3.05, 3.63) is 34.9 Å². The summed E-state index contributed by atoms with van der Waals surface area (Å²) in [5.41, 5.74) is 7.75. The quantitative estimate of drug-likeness (QED) is 0.814. The Morgan fingerprint density at radius 1 is 1.25 bits per heavy atom. The van der Waals surface area contributed by atoms with Gasteiger partial charge in [-0.05, 0) is 37.0 Å². The number of hydrogen-bond acceptors (Lipinski definition) is 1. The van der Waals surface area contributed by atoms with Crippen molar-refractivity contribution in [2.75, 3.05) is 6.54 Å². The largest absolute Gasteiger partial charge is 0.328 e. The lowest BCUT2D eigenvalue weighted by molar-refractivity contribution is 0.158. The molecule has 1 atom stereocenters. The van der Waals surface area contributed by atoms with Crippen LogP contribution >= 0.6 is 0 Å². The number of nitrogens with two attached hydrogens (primary N) is 1. The number of rotatable bonds is 5. The summed E-state index contributed by atoms with van der Waals surface area (Å²) >= 11 is 0. The Bertz CT molecular complexity index is 328. The highest BCUT2D eigenvalue weighted by molar-refractivity contribution is 5.34. The normalized spacial score (nSPS) is 14.8. The third-order valence-electron chi connectivity index (χ3n) is 3.20. The van der Waals surface area contributed by atoms with Crippen LogP contribution in [0.1, 0.15) is 36.5 Å². The van der Waals surface area contributed by atoms with Crippen molar-refractivity contribution in [3.63, 3.8) is 0 Å². The number of aryl methyl sites for hydroxylation is 2. The van der Waals surface area contributed by atoms with Crippen LogP contribution in [0.4, 0.5) is 4.39 Å². The SMILES string of the molecule is CCCC(F)(CN)Cc1c(C)cccc1C. The van der Waals surface area contributed by atoms with E-state index in [1.165, 1.54) is 0 Å². The van der Waals surface area contributed by atoms with Crippen molar-refractivity contribution < 1.29 is 4.39 Å². The summed E-state index contributed by atoms with van der Waals surface area (Å²) in [6, 6.07) is 6.08. The van der Waals surface area contributed by atoms with Crippen molar-refractivity contribution >= 4 is 0 Å². The van der Waals surface area contributed by atoms with Gasteiger partial charge in [-0.2, -0.15) is 0 Å². The molecule has 0 fully saturated rings. The number of benzene rings is 1. The van der Waals surface area contributed by atoms with Crippen LogP contribution in [0.15, 0.2) is 18.2 Å². The van der Waals surface area contributed by atoms with Crippen LogP contribution in [0.3, 0.4) is 0 Å². The lowest BCUT2D eigenvalue weighted by Crippen LogP contribution is -2.35. The van der Waals surface area contributed by atoms with Gasteiger partial charge >= 0.3 is 0 Å². The van der Waals surface area contributed by atoms with Gasteiger partial charge in [0.2, 0.25) is 0 Å². The van der Waals surface area contributed by atoms with Gasteiger partial charge in [0, 0.05) is 13.0 Å². The van der Waals surface area contributed by atoms with Gasteiger partial charge in [-0.1, -0.05) is 31.5 Å². The lowest BCUT2D eigenvalue weighted by atomic mass is 9.88. The monoisotopic (exact) mass is 223 g/mol. The molecule has 1 aromatic carbocycles. The summed E-state index contributed by atoms with van der Waals surface area (Å²) in [5, 5.41) is 0. The highest BCUT2D eigenvalue weighted by atomic mass is 19.1. The second-order valence-electron chi connectivity index (χ2n) is 4.65. The van der Waals surface area contributed by atoms with Gasteiger partial charge in [-0.25, -0.2) is 4.39 Å². The maximum Gasteiger partial charge on any atom is 0.127 e. The zero-order chi connectivity index (χ0) is 12.2. The topological polar surface area (TPSA) is 26.0 Å². The predicted octanol–water partition coefficient (Wildman–Crippen LogP) is 3.31. The number of alkyl halides is 1. The van der Waals surface area contributed by atoms with E-state index in [0.29, 0.717) is 12.8 Å². The second kappa shape index (κ2) is 5.44. The summed E-state index contributed by atoms with van der Waals surface area (Å²) in [6.07, 6.45) is 1.81. The molecule has 1 aromatic rings. The molecule has 0 amide bonds. The van der Waals surface area contributed by atoms with Crippen LogP contribution in [0.5, 0.6) is 0 Å². The molecule has 0 aliphatic carbocycles. The molecule has 0 bridgehead atoms. The van der Waals surface area contributed by atoms with E-state index in [1.54, 1.807) is 0 Å². The molecule has 2 heteroatoms. The summed E-state index contributed by atoms with van der Waals surface area (Å²) in [5.74, 6) is 0. The van der Waals surface area contributed by atoms with Gasteiger partial charge < -0.3 is 5.73 Å². The van der Waals surface area contributed by atoms with E-state index in [0.717, 1.165) is 23.1 Å². The van der Waals surface area contributed by atoms with Crippen LogP contribution in [0, 0.1) is 13.8 Å². The average Bonchev–Trinajstić information content (AvgIpc) is 2.24. The molecule has 0 heterocycles. The first-order chi connectivity index (χ1) is 7.52. The van der Waals surface area contributed by atoms with Crippen LogP contribution in [0.25, 0.3) is 0 Å². The Morgan fingerprint density at radius 3 is 2.25 bits per heavy atom. The van der Waals surface area contributed by atoms with Gasteiger partial charge in [0.05, 0.1) is 0 Å². The van der Waals surface area contributed by atoms with Crippen LogP contribution < -0.4 is 5.73 Å². The standard InChI is InChI=1S/C14H22FN/c1-4-8-14(15,10-16)9-13-11(2)6-5-7-12(13)3/h5-7H,4,8-10,16H2,1-3H3. The lowest BCUT2D eigenvalue weighted by Gasteiger charge is -2.25. The van der Waals surface area contributed by atoms with Crippen LogP contribution in [0.2, 0.25) is 0 Å². The molecule has 0 aliphatic rings. The summed E-state index contributed by atoms with van der Waals surface area (Å²) < 4.78 is 14.4. The molecule has 2 N–H and O–H groups in total. The van der Waals surface area contributed by atoms with Crippen molar-refractivity contribution in [2.24, 2.45) is 5.73 Å². The van der Waals surface area contributed by atoms with Crippen LogP contribution in [-0.4, -0.2) is 12.2 Å². The molecular formula is C14H22FN. The summed E-state index contributed by atoms with van der Waals surface area (Å²) in [4.78, 5) is 0. The van der Waals surface area contributed by atoms with E-state index in [9.17, 15) is 4.39 Å². The zero-order valence-corrected chi connectivity index (χ0v) is 10.5. The van der Waals surface area contributed by atoms with E-state index < -0.39 is 5.67 Å². The second-order valence-corrected chi connectivity index (χ2v) is 4.65. The Balaban J connectivity index is 2.94. The van der Waals surface area contributed by atoms with E-state index >= 15 is 0 Å². The molecule has 0 saturated heterocycles. The van der Waals surface area contributed by atoms with Gasteiger partial charge in [0.25, 0.3) is 0 Å². The Morgan fingerprint density at radius 2 is 1.81 bits per heavy atom. The molecule has 1 unspecified atom stereocenters. The number of hydrogen-bond donors (Lipinski definition) is 1. The maximum absolute atomic E-state index is 14.4. The fraction of sp³-hybridized carbons (Fsp3) is 0.571. The summed E-state index contributed by atoms with van der Waals surface area (Å²) in [7, 11) is 0. The predicted molar refractivity (Wildman–Crippen MR) is 67.4 cm³/mol. The molecule has 0 saturated carbocycles. The minimum absolute atomic E-state index is 0.106. The molecule has 1 nitrogen and oxygen atoms in total. The molecule has 1 rings (SSSR count). The van der Waals surface area contributed by atoms with Crippen molar-refractivity contribution in [1.82, 2.24) is 0 Å². The third-order valence-corrected chi connectivity index (χ3v) is 3.20. The summed E-state index contributed by atoms with van der Waals surface area (Å²) in [6.45, 7) is 6.17. The minimum Gasteiger partial charge on any atom is -0.328 e. The van der Waals surface area contributed by atoms with Gasteiger partial charge in [-0.15, -0.1) is 0 Å². The highest BCUT2D eigenvalue weighted by Crippen LogP contribution is 2.26. The van der Waals surface area contributed by atoms with Crippen molar-refractivity contribution in [2.45, 2.75) is 45.7 Å². The first kappa shape index (κ1) is 13.2. The van der Waals surface area contributed by atoms with E-state index in [2.05, 4.69) is 0 Å². The highest BCUT2D eigenvalue weighted by Gasteiger charge is 2.28. The smallest absolute Gasteiger partial charge is 0.127 e. The van der Waals surface area contributed by atoms with Crippen molar-refractivity contribution in [3.8, 4) is 0 Å².